The zero-order valence-corrected chi connectivity index (χ0v) is 12.2. The highest BCUT2D eigenvalue weighted by atomic mass is 32.2. The van der Waals surface area contributed by atoms with Gasteiger partial charge < -0.3 is 5.73 Å². The third kappa shape index (κ3) is 3.24. The van der Waals surface area contributed by atoms with Gasteiger partial charge in [0.2, 0.25) is 11.6 Å². The molecule has 20 heavy (non-hydrogen) atoms. The number of anilines is 1. The van der Waals surface area contributed by atoms with Gasteiger partial charge in [-0.2, -0.15) is 15.3 Å². The normalized spacial score (nSPS) is 10.1. The zero-order chi connectivity index (χ0) is 14.4. The van der Waals surface area contributed by atoms with Crippen LogP contribution in [0, 0.1) is 0 Å². The van der Waals surface area contributed by atoms with Crippen LogP contribution in [0.5, 0.6) is 0 Å². The standard InChI is InChI=1S/C11H10N6S.C2H6/c12-11-13-9-8(15-17-16-9)10(14-11)18-6-7-4-2-1-3-5-7;1-2/h1-5H,6H2,(H3,12,13,14,15,16,17);1-2H3. The largest absolute Gasteiger partial charge is 0.368 e. The van der Waals surface area contributed by atoms with Gasteiger partial charge in [-0.15, -0.1) is 5.10 Å². The van der Waals surface area contributed by atoms with E-state index in [9.17, 15) is 0 Å². The molecule has 104 valence electrons. The SMILES string of the molecule is CC.Nc1nc(SCc2ccccc2)c2n[nH]nc2n1. The second kappa shape index (κ2) is 6.85. The molecule has 0 aliphatic rings. The van der Waals surface area contributed by atoms with Crippen LogP contribution < -0.4 is 5.73 Å². The number of aromatic nitrogens is 5. The van der Waals surface area contributed by atoms with Crippen molar-refractivity contribution in [3.63, 3.8) is 0 Å². The van der Waals surface area contributed by atoms with Gasteiger partial charge in [0.25, 0.3) is 0 Å². The molecule has 7 heteroatoms. The highest BCUT2D eigenvalue weighted by Crippen LogP contribution is 2.26. The molecule has 0 saturated heterocycles. The molecule has 0 atom stereocenters. The Morgan fingerprint density at radius 2 is 1.85 bits per heavy atom. The maximum Gasteiger partial charge on any atom is 0.223 e. The van der Waals surface area contributed by atoms with E-state index in [0.29, 0.717) is 11.2 Å². The molecule has 2 heterocycles. The van der Waals surface area contributed by atoms with Gasteiger partial charge in [-0.05, 0) is 5.56 Å². The van der Waals surface area contributed by atoms with Crippen LogP contribution in [0.15, 0.2) is 35.4 Å². The number of rotatable bonds is 3. The van der Waals surface area contributed by atoms with E-state index < -0.39 is 0 Å². The summed E-state index contributed by atoms with van der Waals surface area (Å²) in [6.45, 7) is 4.00. The van der Waals surface area contributed by atoms with Crippen molar-refractivity contribution >= 4 is 28.9 Å². The van der Waals surface area contributed by atoms with Gasteiger partial charge in [0.05, 0.1) is 0 Å². The summed E-state index contributed by atoms with van der Waals surface area (Å²) in [5, 5.41) is 11.2. The van der Waals surface area contributed by atoms with E-state index >= 15 is 0 Å². The van der Waals surface area contributed by atoms with Gasteiger partial charge in [0.15, 0.2) is 5.52 Å². The van der Waals surface area contributed by atoms with Crippen LogP contribution in [0.2, 0.25) is 0 Å². The van der Waals surface area contributed by atoms with Gasteiger partial charge in [0.1, 0.15) is 5.03 Å². The third-order valence-corrected chi connectivity index (χ3v) is 3.42. The van der Waals surface area contributed by atoms with Crippen molar-refractivity contribution < 1.29 is 0 Å². The summed E-state index contributed by atoms with van der Waals surface area (Å²) in [6, 6.07) is 10.1. The van der Waals surface area contributed by atoms with Gasteiger partial charge in [0, 0.05) is 5.75 Å². The number of hydrogen-bond donors (Lipinski definition) is 2. The molecular formula is C13H16N6S. The Labute approximate surface area is 121 Å². The molecule has 0 aliphatic carbocycles. The van der Waals surface area contributed by atoms with Gasteiger partial charge in [-0.25, -0.2) is 4.98 Å². The van der Waals surface area contributed by atoms with E-state index in [-0.39, 0.29) is 5.95 Å². The number of aromatic amines is 1. The summed E-state index contributed by atoms with van der Waals surface area (Å²) < 4.78 is 0. The van der Waals surface area contributed by atoms with E-state index in [1.807, 2.05) is 32.0 Å². The lowest BCUT2D eigenvalue weighted by Crippen LogP contribution is -1.97. The lowest BCUT2D eigenvalue weighted by molar-refractivity contribution is 0.952. The first-order chi connectivity index (χ1) is 9.83. The summed E-state index contributed by atoms with van der Waals surface area (Å²) in [4.78, 5) is 8.20. The number of thioether (sulfide) groups is 1. The Balaban J connectivity index is 0.000000704. The van der Waals surface area contributed by atoms with Crippen molar-refractivity contribution in [1.82, 2.24) is 25.4 Å². The fraction of sp³-hybridized carbons (Fsp3) is 0.231. The molecule has 0 unspecified atom stereocenters. The molecule has 2 aromatic heterocycles. The zero-order valence-electron chi connectivity index (χ0n) is 11.4. The predicted molar refractivity (Wildman–Crippen MR) is 81.2 cm³/mol. The number of hydrogen-bond acceptors (Lipinski definition) is 6. The van der Waals surface area contributed by atoms with Crippen LogP contribution in [0.4, 0.5) is 5.95 Å². The molecule has 0 saturated carbocycles. The Bertz CT molecular complexity index is 667. The van der Waals surface area contributed by atoms with E-state index in [1.165, 1.54) is 5.56 Å². The van der Waals surface area contributed by atoms with Crippen molar-refractivity contribution in [2.45, 2.75) is 24.6 Å². The smallest absolute Gasteiger partial charge is 0.223 e. The third-order valence-electron chi connectivity index (χ3n) is 2.39. The Morgan fingerprint density at radius 3 is 2.60 bits per heavy atom. The Morgan fingerprint density at radius 1 is 1.10 bits per heavy atom. The highest BCUT2D eigenvalue weighted by Gasteiger charge is 2.10. The molecule has 3 rings (SSSR count). The molecule has 0 amide bonds. The van der Waals surface area contributed by atoms with Crippen LogP contribution in [0.1, 0.15) is 19.4 Å². The number of nitrogens with one attached hydrogen (secondary N) is 1. The minimum absolute atomic E-state index is 0.215. The van der Waals surface area contributed by atoms with Crippen molar-refractivity contribution in [2.24, 2.45) is 0 Å². The van der Waals surface area contributed by atoms with Crippen molar-refractivity contribution in [1.29, 1.82) is 0 Å². The van der Waals surface area contributed by atoms with Crippen molar-refractivity contribution in [3.8, 4) is 0 Å². The number of nitrogens with two attached hydrogens (primary N) is 1. The minimum Gasteiger partial charge on any atom is -0.368 e. The molecule has 1 aromatic carbocycles. The van der Waals surface area contributed by atoms with E-state index in [0.717, 1.165) is 10.8 Å². The molecule has 0 spiro atoms. The summed E-state index contributed by atoms with van der Waals surface area (Å²) in [7, 11) is 0. The first-order valence-corrected chi connectivity index (χ1v) is 7.32. The summed E-state index contributed by atoms with van der Waals surface area (Å²) in [6.07, 6.45) is 0. The Hall–Kier alpha value is -2.15. The number of nitrogen functional groups attached to an aromatic ring is 1. The molecule has 6 nitrogen and oxygen atoms in total. The fourth-order valence-electron chi connectivity index (χ4n) is 1.56. The molecule has 0 radical (unpaired) electrons. The summed E-state index contributed by atoms with van der Waals surface area (Å²) in [5.41, 5.74) is 8.01. The first-order valence-electron chi connectivity index (χ1n) is 6.33. The van der Waals surface area contributed by atoms with E-state index in [1.54, 1.807) is 11.8 Å². The lowest BCUT2D eigenvalue weighted by Gasteiger charge is -2.02. The van der Waals surface area contributed by atoms with Crippen LogP contribution >= 0.6 is 11.8 Å². The summed E-state index contributed by atoms with van der Waals surface area (Å²) in [5.74, 6) is 1.02. The molecule has 3 N–H and O–H groups in total. The molecule has 3 aromatic rings. The van der Waals surface area contributed by atoms with Crippen molar-refractivity contribution in [2.75, 3.05) is 5.73 Å². The maximum atomic E-state index is 5.64. The van der Waals surface area contributed by atoms with E-state index in [4.69, 9.17) is 5.73 Å². The quantitative estimate of drug-likeness (QED) is 0.568. The Kier molecular flexibility index (Phi) is 4.89. The second-order valence-electron chi connectivity index (χ2n) is 3.66. The highest BCUT2D eigenvalue weighted by molar-refractivity contribution is 7.98. The predicted octanol–water partition coefficient (Wildman–Crippen LogP) is 2.65. The minimum atomic E-state index is 0.215. The van der Waals surface area contributed by atoms with Crippen LogP contribution in [-0.2, 0) is 5.75 Å². The fourth-order valence-corrected chi connectivity index (χ4v) is 2.49. The van der Waals surface area contributed by atoms with Crippen molar-refractivity contribution in [3.05, 3.63) is 35.9 Å². The second-order valence-corrected chi connectivity index (χ2v) is 4.62. The average molecular weight is 288 g/mol. The maximum absolute atomic E-state index is 5.64. The van der Waals surface area contributed by atoms with Crippen LogP contribution in [-0.4, -0.2) is 25.4 Å². The van der Waals surface area contributed by atoms with Gasteiger partial charge >= 0.3 is 0 Å². The van der Waals surface area contributed by atoms with E-state index in [2.05, 4.69) is 37.5 Å². The molecule has 0 bridgehead atoms. The first kappa shape index (κ1) is 14.3. The number of nitrogens with zero attached hydrogens (tertiary/aromatic N) is 4. The average Bonchev–Trinajstić information content (AvgIpc) is 2.96. The molecule has 0 aliphatic heterocycles. The summed E-state index contributed by atoms with van der Waals surface area (Å²) >= 11 is 1.57. The number of H-pyrrole nitrogens is 1. The molecular weight excluding hydrogens is 272 g/mol. The van der Waals surface area contributed by atoms with Gasteiger partial charge in [-0.1, -0.05) is 55.9 Å². The van der Waals surface area contributed by atoms with Crippen LogP contribution in [0.25, 0.3) is 11.2 Å². The van der Waals surface area contributed by atoms with Gasteiger partial charge in [-0.3, -0.25) is 0 Å². The number of benzene rings is 1. The van der Waals surface area contributed by atoms with Crippen LogP contribution in [0.3, 0.4) is 0 Å². The number of fused-ring (bicyclic) bond motifs is 1. The topological polar surface area (TPSA) is 93.4 Å². The lowest BCUT2D eigenvalue weighted by atomic mass is 10.2. The molecule has 0 fully saturated rings. The monoisotopic (exact) mass is 288 g/mol.